The lowest BCUT2D eigenvalue weighted by Crippen LogP contribution is -2.56. The lowest BCUT2D eigenvalue weighted by atomic mass is 10.2. The summed E-state index contributed by atoms with van der Waals surface area (Å²) >= 11 is 0. The van der Waals surface area contributed by atoms with Crippen LogP contribution in [0, 0.1) is 0 Å². The van der Waals surface area contributed by atoms with Crippen LogP contribution in [0.2, 0.25) is 0 Å². The van der Waals surface area contributed by atoms with E-state index in [4.69, 9.17) is 5.14 Å². The summed E-state index contributed by atoms with van der Waals surface area (Å²) in [5.41, 5.74) is 0.941. The normalized spacial score (nSPS) is 19.2. The van der Waals surface area contributed by atoms with Crippen molar-refractivity contribution in [1.82, 2.24) is 14.1 Å². The maximum Gasteiger partial charge on any atom is 0.276 e. The highest BCUT2D eigenvalue weighted by atomic mass is 32.2. The Morgan fingerprint density at radius 3 is 2.24 bits per heavy atom. The van der Waals surface area contributed by atoms with Crippen LogP contribution in [-0.4, -0.2) is 73.7 Å². The smallest absolute Gasteiger partial charge is 0.276 e. The van der Waals surface area contributed by atoms with Crippen LogP contribution in [0.4, 0.5) is 0 Å². The summed E-state index contributed by atoms with van der Waals surface area (Å²) in [6.07, 6.45) is 0. The Morgan fingerprint density at radius 2 is 1.86 bits per heavy atom. The molecule has 1 amide bonds. The van der Waals surface area contributed by atoms with E-state index >= 15 is 0 Å². The van der Waals surface area contributed by atoms with E-state index in [9.17, 15) is 13.2 Å². The molecule has 21 heavy (non-hydrogen) atoms. The van der Waals surface area contributed by atoms with Gasteiger partial charge >= 0.3 is 0 Å². The number of carbonyl (C=O) groups is 1. The lowest BCUT2D eigenvalue weighted by Gasteiger charge is -2.37. The molecule has 0 bridgehead atoms. The SMILES string of the molecule is C=C(C)CN(CC)C(=O)C(C)N1CCN(S(N)(=O)=O)CC1. The van der Waals surface area contributed by atoms with Gasteiger partial charge in [0.1, 0.15) is 0 Å². The second-order valence-electron chi connectivity index (χ2n) is 5.47. The van der Waals surface area contributed by atoms with Gasteiger partial charge in [0, 0.05) is 39.3 Å². The number of hydrogen-bond donors (Lipinski definition) is 1. The molecule has 0 radical (unpaired) electrons. The van der Waals surface area contributed by atoms with Crippen LogP contribution in [0.5, 0.6) is 0 Å². The van der Waals surface area contributed by atoms with E-state index in [1.54, 1.807) is 4.90 Å². The second-order valence-corrected chi connectivity index (χ2v) is 7.01. The van der Waals surface area contributed by atoms with E-state index in [-0.39, 0.29) is 11.9 Å². The molecule has 0 aromatic carbocycles. The Bertz CT molecular complexity index is 484. The zero-order chi connectivity index (χ0) is 16.2. The highest BCUT2D eigenvalue weighted by Gasteiger charge is 2.30. The van der Waals surface area contributed by atoms with Gasteiger partial charge in [0.05, 0.1) is 6.04 Å². The molecular formula is C13H26N4O3S. The summed E-state index contributed by atoms with van der Waals surface area (Å²) in [7, 11) is -3.63. The number of hydrogen-bond acceptors (Lipinski definition) is 4. The van der Waals surface area contributed by atoms with Crippen LogP contribution in [0.25, 0.3) is 0 Å². The number of nitrogens with zero attached hydrogens (tertiary/aromatic N) is 3. The molecule has 0 saturated carbocycles. The largest absolute Gasteiger partial charge is 0.338 e. The van der Waals surface area contributed by atoms with Crippen molar-refractivity contribution in [3.05, 3.63) is 12.2 Å². The van der Waals surface area contributed by atoms with Crippen LogP contribution in [0.15, 0.2) is 12.2 Å². The van der Waals surface area contributed by atoms with Gasteiger partial charge in [0.15, 0.2) is 0 Å². The molecule has 0 aliphatic carbocycles. The monoisotopic (exact) mass is 318 g/mol. The van der Waals surface area contributed by atoms with E-state index < -0.39 is 10.2 Å². The van der Waals surface area contributed by atoms with Crippen LogP contribution in [-0.2, 0) is 15.0 Å². The maximum atomic E-state index is 12.5. The van der Waals surface area contributed by atoms with Crippen molar-refractivity contribution in [2.45, 2.75) is 26.8 Å². The lowest BCUT2D eigenvalue weighted by molar-refractivity contribution is -0.136. The van der Waals surface area contributed by atoms with Crippen molar-refractivity contribution in [2.75, 3.05) is 39.3 Å². The number of likely N-dealkylation sites (N-methyl/N-ethyl adjacent to an activating group) is 1. The molecule has 0 spiro atoms. The minimum atomic E-state index is -3.63. The van der Waals surface area contributed by atoms with E-state index in [1.807, 2.05) is 25.7 Å². The molecule has 0 aromatic rings. The van der Waals surface area contributed by atoms with Crippen LogP contribution < -0.4 is 5.14 Å². The van der Waals surface area contributed by atoms with Crippen LogP contribution in [0.3, 0.4) is 0 Å². The minimum Gasteiger partial charge on any atom is -0.338 e. The summed E-state index contributed by atoms with van der Waals surface area (Å²) in [4.78, 5) is 16.2. The van der Waals surface area contributed by atoms with Crippen molar-refractivity contribution >= 4 is 16.1 Å². The van der Waals surface area contributed by atoms with Gasteiger partial charge in [-0.15, -0.1) is 0 Å². The zero-order valence-corrected chi connectivity index (χ0v) is 13.9. The van der Waals surface area contributed by atoms with Gasteiger partial charge in [-0.05, 0) is 20.8 Å². The molecule has 1 unspecified atom stereocenters. The van der Waals surface area contributed by atoms with E-state index in [2.05, 4.69) is 6.58 Å². The molecule has 1 saturated heterocycles. The molecule has 1 heterocycles. The number of nitrogens with two attached hydrogens (primary N) is 1. The Hall–Kier alpha value is -0.960. The first-order chi connectivity index (χ1) is 9.66. The van der Waals surface area contributed by atoms with Gasteiger partial charge in [0.2, 0.25) is 5.91 Å². The van der Waals surface area contributed by atoms with Gasteiger partial charge in [-0.1, -0.05) is 12.2 Å². The fraction of sp³-hybridized carbons (Fsp3) is 0.769. The molecule has 122 valence electrons. The maximum absolute atomic E-state index is 12.5. The quantitative estimate of drug-likeness (QED) is 0.676. The third-order valence-corrected chi connectivity index (χ3v) is 4.78. The summed E-state index contributed by atoms with van der Waals surface area (Å²) < 4.78 is 23.8. The summed E-state index contributed by atoms with van der Waals surface area (Å²) in [6.45, 7) is 12.4. The van der Waals surface area contributed by atoms with Gasteiger partial charge in [-0.25, -0.2) is 5.14 Å². The third kappa shape index (κ3) is 5.06. The first-order valence-electron chi connectivity index (χ1n) is 7.12. The first-order valence-corrected chi connectivity index (χ1v) is 8.62. The van der Waals surface area contributed by atoms with Gasteiger partial charge in [0.25, 0.3) is 10.2 Å². The van der Waals surface area contributed by atoms with E-state index in [0.717, 1.165) is 5.57 Å². The van der Waals surface area contributed by atoms with Crippen molar-refractivity contribution in [3.63, 3.8) is 0 Å². The topological polar surface area (TPSA) is 86.9 Å². The predicted molar refractivity (Wildman–Crippen MR) is 82.8 cm³/mol. The Balaban J connectivity index is 2.62. The molecule has 1 atom stereocenters. The van der Waals surface area contributed by atoms with E-state index in [1.165, 1.54) is 4.31 Å². The fourth-order valence-corrected chi connectivity index (χ4v) is 3.11. The van der Waals surface area contributed by atoms with Crippen LogP contribution in [0.1, 0.15) is 20.8 Å². The third-order valence-electron chi connectivity index (χ3n) is 3.69. The molecule has 7 nitrogen and oxygen atoms in total. The number of rotatable bonds is 6. The van der Waals surface area contributed by atoms with Gasteiger partial charge in [-0.3, -0.25) is 9.69 Å². The Labute approximate surface area is 127 Å². The minimum absolute atomic E-state index is 0.0459. The summed E-state index contributed by atoms with van der Waals surface area (Å²) in [6, 6.07) is -0.271. The van der Waals surface area contributed by atoms with Crippen LogP contribution >= 0.6 is 0 Å². The Morgan fingerprint density at radius 1 is 1.33 bits per heavy atom. The van der Waals surface area contributed by atoms with E-state index in [0.29, 0.717) is 39.3 Å². The molecular weight excluding hydrogens is 292 g/mol. The fourth-order valence-electron chi connectivity index (χ4n) is 2.44. The highest BCUT2D eigenvalue weighted by Crippen LogP contribution is 2.11. The molecule has 1 aliphatic rings. The zero-order valence-electron chi connectivity index (χ0n) is 13.1. The average Bonchev–Trinajstić information content (AvgIpc) is 2.42. The van der Waals surface area contributed by atoms with Crippen molar-refractivity contribution in [1.29, 1.82) is 0 Å². The van der Waals surface area contributed by atoms with Crippen molar-refractivity contribution in [3.8, 4) is 0 Å². The molecule has 1 aliphatic heterocycles. The second kappa shape index (κ2) is 7.35. The summed E-state index contributed by atoms with van der Waals surface area (Å²) in [5.74, 6) is 0.0459. The first kappa shape index (κ1) is 18.1. The van der Waals surface area contributed by atoms with Gasteiger partial charge < -0.3 is 4.90 Å². The standard InChI is InChI=1S/C13H26N4O3S/c1-5-15(10-11(2)3)13(18)12(4)16-6-8-17(9-7-16)21(14,19)20/h12H,2,5-10H2,1,3-4H3,(H2,14,19,20). The number of carbonyl (C=O) groups excluding carboxylic acids is 1. The van der Waals surface area contributed by atoms with Crippen molar-refractivity contribution < 1.29 is 13.2 Å². The number of piperazine rings is 1. The average molecular weight is 318 g/mol. The molecule has 2 N–H and O–H groups in total. The predicted octanol–water partition coefficient (Wildman–Crippen LogP) is -0.379. The number of amides is 1. The highest BCUT2D eigenvalue weighted by molar-refractivity contribution is 7.86. The molecule has 0 aromatic heterocycles. The molecule has 8 heteroatoms. The molecule has 1 rings (SSSR count). The Kier molecular flexibility index (Phi) is 6.33. The van der Waals surface area contributed by atoms with Crippen molar-refractivity contribution in [2.24, 2.45) is 5.14 Å². The molecule has 1 fully saturated rings. The van der Waals surface area contributed by atoms with Gasteiger partial charge in [-0.2, -0.15) is 12.7 Å². The summed E-state index contributed by atoms with van der Waals surface area (Å²) in [5, 5.41) is 5.11.